The predicted molar refractivity (Wildman–Crippen MR) is 86.3 cm³/mol. The first-order valence-corrected chi connectivity index (χ1v) is 7.96. The van der Waals surface area contributed by atoms with Gasteiger partial charge < -0.3 is 10.3 Å². The Balaban J connectivity index is 1.83. The van der Waals surface area contributed by atoms with E-state index in [0.29, 0.717) is 0 Å². The van der Waals surface area contributed by atoms with Crippen LogP contribution in [0.25, 0.3) is 0 Å². The second kappa shape index (κ2) is 6.22. The minimum Gasteiger partial charge on any atom is -0.302 e. The summed E-state index contributed by atoms with van der Waals surface area (Å²) in [6.45, 7) is 5.24. The number of likely N-dealkylation sites (tertiary alicyclic amines) is 1. The highest BCUT2D eigenvalue weighted by Crippen LogP contribution is 2.35. The molecule has 0 saturated carbocycles. The molecule has 3 rings (SSSR count). The van der Waals surface area contributed by atoms with Crippen molar-refractivity contribution in [3.8, 4) is 0 Å². The first-order chi connectivity index (χ1) is 10.6. The summed E-state index contributed by atoms with van der Waals surface area (Å²) in [7, 11) is 0. The van der Waals surface area contributed by atoms with Crippen LogP contribution in [0.3, 0.4) is 0 Å². The van der Waals surface area contributed by atoms with Crippen LogP contribution in [0.5, 0.6) is 0 Å². The maximum absolute atomic E-state index is 11.1. The summed E-state index contributed by atoms with van der Waals surface area (Å²) in [5.74, 6) is 0.279. The Morgan fingerprint density at radius 2 is 2.36 bits per heavy atom. The average molecular weight is 323 g/mol. The van der Waals surface area contributed by atoms with Gasteiger partial charge in [-0.05, 0) is 24.6 Å². The Hall–Kier alpha value is -1.66. The molecule has 118 valence electrons. The van der Waals surface area contributed by atoms with Gasteiger partial charge in [0.2, 0.25) is 0 Å². The van der Waals surface area contributed by atoms with Gasteiger partial charge in [0.05, 0.1) is 11.0 Å². The molecule has 0 radical (unpaired) electrons. The molecule has 0 spiro atoms. The van der Waals surface area contributed by atoms with Gasteiger partial charge in [0.1, 0.15) is 5.02 Å². The van der Waals surface area contributed by atoms with Gasteiger partial charge in [-0.2, -0.15) is 5.10 Å². The number of piperidine rings is 1. The van der Waals surface area contributed by atoms with Gasteiger partial charge in [-0.1, -0.05) is 24.6 Å². The molecule has 2 aliphatic rings. The van der Waals surface area contributed by atoms with Crippen molar-refractivity contribution in [2.75, 3.05) is 19.6 Å². The van der Waals surface area contributed by atoms with Crippen LogP contribution in [-0.4, -0.2) is 35.2 Å². The van der Waals surface area contributed by atoms with E-state index in [0.717, 1.165) is 38.0 Å². The van der Waals surface area contributed by atoms with Crippen LogP contribution in [0.2, 0.25) is 5.02 Å². The maximum atomic E-state index is 11.1. The first kappa shape index (κ1) is 15.2. The highest BCUT2D eigenvalue weighted by molar-refractivity contribution is 6.32. The number of nitro groups is 1. The first-order valence-electron chi connectivity index (χ1n) is 7.58. The fourth-order valence-corrected chi connectivity index (χ4v) is 3.49. The Morgan fingerprint density at radius 3 is 3.09 bits per heavy atom. The lowest BCUT2D eigenvalue weighted by Gasteiger charge is -2.33. The van der Waals surface area contributed by atoms with E-state index < -0.39 is 4.92 Å². The number of hydrazone groups is 1. The number of nitrogens with one attached hydrogen (secondary N) is 1. The van der Waals surface area contributed by atoms with Crippen molar-refractivity contribution in [2.24, 2.45) is 11.0 Å². The predicted octanol–water partition coefficient (Wildman–Crippen LogP) is 2.98. The quantitative estimate of drug-likeness (QED) is 0.683. The molecular weight excluding hydrogens is 304 g/mol. The zero-order valence-corrected chi connectivity index (χ0v) is 13.2. The minimum atomic E-state index is -0.438. The SMILES string of the molecule is CCCN1CCC2=NNC(c3ccc(Cl)c([N+](=O)[O-])c3)C2C1. The molecule has 2 heterocycles. The molecule has 2 atom stereocenters. The summed E-state index contributed by atoms with van der Waals surface area (Å²) in [5, 5.41) is 15.7. The number of rotatable bonds is 4. The van der Waals surface area contributed by atoms with Gasteiger partial charge in [-0.25, -0.2) is 0 Å². The summed E-state index contributed by atoms with van der Waals surface area (Å²) < 4.78 is 0. The second-order valence-electron chi connectivity index (χ2n) is 5.83. The van der Waals surface area contributed by atoms with Crippen LogP contribution in [0.15, 0.2) is 23.3 Å². The van der Waals surface area contributed by atoms with E-state index in [9.17, 15) is 10.1 Å². The van der Waals surface area contributed by atoms with Crippen LogP contribution < -0.4 is 5.43 Å². The summed E-state index contributed by atoms with van der Waals surface area (Å²) in [6, 6.07) is 5.01. The van der Waals surface area contributed by atoms with E-state index in [2.05, 4.69) is 22.4 Å². The number of hydrogen-bond donors (Lipinski definition) is 1. The molecule has 0 aromatic heterocycles. The summed E-state index contributed by atoms with van der Waals surface area (Å²) in [6.07, 6.45) is 2.09. The molecule has 1 N–H and O–H groups in total. The molecule has 22 heavy (non-hydrogen) atoms. The molecule has 6 nitrogen and oxygen atoms in total. The molecule has 1 aromatic rings. The molecule has 0 aliphatic carbocycles. The third-order valence-corrected chi connectivity index (χ3v) is 4.70. The van der Waals surface area contributed by atoms with Crippen molar-refractivity contribution in [1.82, 2.24) is 10.3 Å². The lowest BCUT2D eigenvalue weighted by Crippen LogP contribution is -2.42. The molecule has 1 aromatic carbocycles. The van der Waals surface area contributed by atoms with Crippen molar-refractivity contribution >= 4 is 23.0 Å². The standard InChI is InChI=1S/C15H19ClN4O2/c1-2-6-19-7-5-13-11(9-19)15(18-17-13)10-3-4-12(16)14(8-10)20(21)22/h3-4,8,11,15,18H,2,5-7,9H2,1H3. The molecule has 7 heteroatoms. The van der Waals surface area contributed by atoms with Gasteiger partial charge in [0, 0.05) is 37.2 Å². The number of halogens is 1. The van der Waals surface area contributed by atoms with Crippen LogP contribution in [0, 0.1) is 16.0 Å². The molecule has 0 amide bonds. The average Bonchev–Trinajstić information content (AvgIpc) is 2.91. The Bertz CT molecular complexity index is 620. The van der Waals surface area contributed by atoms with Crippen molar-refractivity contribution in [3.63, 3.8) is 0 Å². The minimum absolute atomic E-state index is 0.00868. The Morgan fingerprint density at radius 1 is 1.55 bits per heavy atom. The lowest BCUT2D eigenvalue weighted by molar-refractivity contribution is -0.384. The summed E-state index contributed by atoms with van der Waals surface area (Å²) in [5.41, 5.74) is 5.16. The second-order valence-corrected chi connectivity index (χ2v) is 6.24. The zero-order chi connectivity index (χ0) is 15.7. The van der Waals surface area contributed by atoms with Gasteiger partial charge in [-0.3, -0.25) is 10.1 Å². The topological polar surface area (TPSA) is 70.8 Å². The third kappa shape index (κ3) is 2.80. The highest BCUT2D eigenvalue weighted by atomic mass is 35.5. The van der Waals surface area contributed by atoms with Crippen LogP contribution in [0.1, 0.15) is 31.4 Å². The van der Waals surface area contributed by atoms with E-state index >= 15 is 0 Å². The molecular formula is C15H19ClN4O2. The lowest BCUT2D eigenvalue weighted by atomic mass is 9.86. The van der Waals surface area contributed by atoms with Gasteiger partial charge in [-0.15, -0.1) is 0 Å². The van der Waals surface area contributed by atoms with Crippen LogP contribution in [0.4, 0.5) is 5.69 Å². The smallest absolute Gasteiger partial charge is 0.288 e. The normalized spacial score (nSPS) is 24.5. The Labute approximate surface area is 134 Å². The van der Waals surface area contributed by atoms with E-state index in [4.69, 9.17) is 11.6 Å². The Kier molecular flexibility index (Phi) is 4.31. The maximum Gasteiger partial charge on any atom is 0.288 e. The molecule has 2 aliphatic heterocycles. The van der Waals surface area contributed by atoms with Crippen molar-refractivity contribution in [2.45, 2.75) is 25.8 Å². The van der Waals surface area contributed by atoms with Crippen LogP contribution in [-0.2, 0) is 0 Å². The fourth-order valence-electron chi connectivity index (χ4n) is 3.30. The van der Waals surface area contributed by atoms with E-state index in [1.807, 2.05) is 6.07 Å². The van der Waals surface area contributed by atoms with E-state index in [1.165, 1.54) is 5.71 Å². The molecule has 1 saturated heterocycles. The zero-order valence-electron chi connectivity index (χ0n) is 12.5. The number of nitro benzene ring substituents is 1. The van der Waals surface area contributed by atoms with Gasteiger partial charge in [0.25, 0.3) is 5.69 Å². The van der Waals surface area contributed by atoms with Crippen molar-refractivity contribution in [3.05, 3.63) is 38.9 Å². The van der Waals surface area contributed by atoms with Gasteiger partial charge in [0.15, 0.2) is 0 Å². The molecule has 0 bridgehead atoms. The number of hydrogen-bond acceptors (Lipinski definition) is 5. The largest absolute Gasteiger partial charge is 0.302 e. The monoisotopic (exact) mass is 322 g/mol. The molecule has 1 fully saturated rings. The fraction of sp³-hybridized carbons (Fsp3) is 0.533. The summed E-state index contributed by atoms with van der Waals surface area (Å²) in [4.78, 5) is 13.1. The van der Waals surface area contributed by atoms with Gasteiger partial charge >= 0.3 is 0 Å². The summed E-state index contributed by atoms with van der Waals surface area (Å²) >= 11 is 5.90. The van der Waals surface area contributed by atoms with E-state index in [-0.39, 0.29) is 22.7 Å². The van der Waals surface area contributed by atoms with Crippen molar-refractivity contribution in [1.29, 1.82) is 0 Å². The number of fused-ring (bicyclic) bond motifs is 1. The molecule has 2 unspecified atom stereocenters. The number of benzene rings is 1. The van der Waals surface area contributed by atoms with Crippen molar-refractivity contribution < 1.29 is 4.92 Å². The van der Waals surface area contributed by atoms with E-state index in [1.54, 1.807) is 12.1 Å². The third-order valence-electron chi connectivity index (χ3n) is 4.38. The highest BCUT2D eigenvalue weighted by Gasteiger charge is 2.37. The van der Waals surface area contributed by atoms with Crippen LogP contribution >= 0.6 is 11.6 Å². The number of nitrogens with zero attached hydrogens (tertiary/aromatic N) is 3.